The van der Waals surface area contributed by atoms with Crippen LogP contribution in [0, 0.1) is 24.1 Å². The first kappa shape index (κ1) is 22.8. The van der Waals surface area contributed by atoms with Crippen molar-refractivity contribution in [3.05, 3.63) is 76.5 Å². The van der Waals surface area contributed by atoms with E-state index in [4.69, 9.17) is 4.74 Å². The number of hydrogen-bond donors (Lipinski definition) is 2. The number of nitrogens with one attached hydrogen (secondary N) is 1. The van der Waals surface area contributed by atoms with Gasteiger partial charge < -0.3 is 20.1 Å². The summed E-state index contributed by atoms with van der Waals surface area (Å²) in [6, 6.07) is 11.2. The molecule has 178 valence electrons. The van der Waals surface area contributed by atoms with E-state index >= 15 is 0 Å². The normalized spacial score (nSPS) is 14.7. The molecule has 2 aromatic carbocycles. The summed E-state index contributed by atoms with van der Waals surface area (Å²) in [5, 5.41) is 22.9. The minimum Gasteiger partial charge on any atom is -0.490 e. The lowest BCUT2D eigenvalue weighted by Gasteiger charge is -2.15. The molecule has 0 fully saturated rings. The van der Waals surface area contributed by atoms with Crippen LogP contribution in [0.4, 0.5) is 10.3 Å². The SMILES string of the molecule is Cc1cc(CN(C)C)ccc1-c1cnc(NCc2c(F)ccc3c2C(O)CO3)n2cc(C#N)nc12. The average Bonchev–Trinajstić information content (AvgIpc) is 3.43. The molecule has 1 unspecified atom stereocenters. The van der Waals surface area contributed by atoms with Crippen LogP contribution in [0.15, 0.2) is 42.7 Å². The van der Waals surface area contributed by atoms with Gasteiger partial charge >= 0.3 is 0 Å². The third kappa shape index (κ3) is 4.18. The van der Waals surface area contributed by atoms with Crippen LogP contribution in [0.5, 0.6) is 5.75 Å². The molecule has 3 heterocycles. The molecule has 9 heteroatoms. The van der Waals surface area contributed by atoms with E-state index in [9.17, 15) is 14.8 Å². The van der Waals surface area contributed by atoms with Gasteiger partial charge in [0.1, 0.15) is 30.3 Å². The van der Waals surface area contributed by atoms with Gasteiger partial charge in [-0.15, -0.1) is 0 Å². The second kappa shape index (κ2) is 8.98. The molecule has 0 spiro atoms. The summed E-state index contributed by atoms with van der Waals surface area (Å²) in [6.07, 6.45) is 2.43. The van der Waals surface area contributed by atoms with Crippen molar-refractivity contribution in [2.75, 3.05) is 26.0 Å². The van der Waals surface area contributed by atoms with E-state index in [1.54, 1.807) is 16.8 Å². The van der Waals surface area contributed by atoms with Crippen molar-refractivity contribution >= 4 is 11.6 Å². The van der Waals surface area contributed by atoms with Crippen LogP contribution in [-0.2, 0) is 13.1 Å². The molecule has 0 aliphatic carbocycles. The van der Waals surface area contributed by atoms with Gasteiger partial charge in [0.05, 0.1) is 6.20 Å². The Hall–Kier alpha value is -4.00. The average molecular weight is 473 g/mol. The number of nitriles is 1. The van der Waals surface area contributed by atoms with Crippen LogP contribution >= 0.6 is 0 Å². The van der Waals surface area contributed by atoms with Crippen molar-refractivity contribution < 1.29 is 14.2 Å². The van der Waals surface area contributed by atoms with Crippen molar-refractivity contribution in [3.8, 4) is 22.9 Å². The minimum absolute atomic E-state index is 0.0786. The summed E-state index contributed by atoms with van der Waals surface area (Å²) in [6.45, 7) is 3.05. The zero-order valence-electron chi connectivity index (χ0n) is 19.7. The Bertz CT molecular complexity index is 1470. The molecule has 0 radical (unpaired) electrons. The van der Waals surface area contributed by atoms with Crippen molar-refractivity contribution in [1.29, 1.82) is 5.26 Å². The quantitative estimate of drug-likeness (QED) is 0.440. The monoisotopic (exact) mass is 472 g/mol. The Morgan fingerprint density at radius 3 is 2.86 bits per heavy atom. The highest BCUT2D eigenvalue weighted by molar-refractivity contribution is 5.80. The van der Waals surface area contributed by atoms with Gasteiger partial charge in [-0.2, -0.15) is 5.26 Å². The molecule has 0 bridgehead atoms. The molecule has 1 aliphatic rings. The van der Waals surface area contributed by atoms with E-state index in [1.165, 1.54) is 17.7 Å². The molecule has 0 amide bonds. The number of aliphatic hydroxyl groups is 1. The lowest BCUT2D eigenvalue weighted by molar-refractivity contribution is 0.140. The summed E-state index contributed by atoms with van der Waals surface area (Å²) in [7, 11) is 4.05. The van der Waals surface area contributed by atoms with Gasteiger partial charge in [0.15, 0.2) is 11.3 Å². The van der Waals surface area contributed by atoms with Crippen LogP contribution in [0.2, 0.25) is 0 Å². The number of ether oxygens (including phenoxy) is 1. The first-order valence-corrected chi connectivity index (χ1v) is 11.2. The largest absolute Gasteiger partial charge is 0.490 e. The number of hydrogen-bond acceptors (Lipinski definition) is 7. The Labute approximate surface area is 202 Å². The Morgan fingerprint density at radius 1 is 1.29 bits per heavy atom. The molecular formula is C26H25FN6O2. The third-order valence-electron chi connectivity index (χ3n) is 6.10. The van der Waals surface area contributed by atoms with Crippen molar-refractivity contribution in [1.82, 2.24) is 19.3 Å². The van der Waals surface area contributed by atoms with Crippen LogP contribution < -0.4 is 10.1 Å². The van der Waals surface area contributed by atoms with Crippen LogP contribution in [0.3, 0.4) is 0 Å². The molecule has 8 nitrogen and oxygen atoms in total. The number of imidazole rings is 1. The fraction of sp³-hybridized carbons (Fsp3) is 0.269. The van der Waals surface area contributed by atoms with Gasteiger partial charge in [-0.05, 0) is 49.8 Å². The van der Waals surface area contributed by atoms with Crippen LogP contribution in [0.1, 0.15) is 34.1 Å². The first-order chi connectivity index (χ1) is 16.9. The molecule has 4 aromatic rings. The van der Waals surface area contributed by atoms with Crippen molar-refractivity contribution in [2.45, 2.75) is 26.1 Å². The Balaban J connectivity index is 1.52. The number of anilines is 1. The molecule has 2 aromatic heterocycles. The first-order valence-electron chi connectivity index (χ1n) is 11.2. The maximum Gasteiger partial charge on any atom is 0.208 e. The number of aryl methyl sites for hydroxylation is 1. The van der Waals surface area contributed by atoms with Crippen LogP contribution in [0.25, 0.3) is 16.8 Å². The number of aromatic nitrogens is 3. The fourth-order valence-electron chi connectivity index (χ4n) is 4.55. The van der Waals surface area contributed by atoms with Crippen LogP contribution in [-0.4, -0.2) is 45.1 Å². The van der Waals surface area contributed by atoms with E-state index in [1.807, 2.05) is 27.1 Å². The summed E-state index contributed by atoms with van der Waals surface area (Å²) < 4.78 is 21.8. The fourth-order valence-corrected chi connectivity index (χ4v) is 4.55. The maximum atomic E-state index is 14.6. The number of benzene rings is 2. The molecule has 35 heavy (non-hydrogen) atoms. The summed E-state index contributed by atoms with van der Waals surface area (Å²) in [5.74, 6) is 0.447. The highest BCUT2D eigenvalue weighted by atomic mass is 19.1. The van der Waals surface area contributed by atoms with Crippen molar-refractivity contribution in [2.24, 2.45) is 0 Å². The standard InChI is InChI=1S/C26H25FN6O2/c1-15-8-16(12-32(2)3)4-5-18(15)19-10-29-26(33-13-17(9-28)31-25(19)33)30-11-20-21(27)6-7-23-24(20)22(34)14-35-23/h4-8,10,13,22,34H,11-12,14H2,1-3H3,(H,29,30). The number of nitrogens with zero attached hydrogens (tertiary/aromatic N) is 5. The van der Waals surface area contributed by atoms with E-state index in [2.05, 4.69) is 38.4 Å². The van der Waals surface area contributed by atoms with Gasteiger partial charge in [-0.3, -0.25) is 4.40 Å². The molecule has 0 saturated heterocycles. The van der Waals surface area contributed by atoms with Gasteiger partial charge in [0, 0.05) is 36.0 Å². The zero-order chi connectivity index (χ0) is 24.7. The van der Waals surface area contributed by atoms with Gasteiger partial charge in [-0.25, -0.2) is 14.4 Å². The molecule has 0 saturated carbocycles. The topological polar surface area (TPSA) is 98.7 Å². The van der Waals surface area contributed by atoms with E-state index in [-0.39, 0.29) is 18.8 Å². The number of aliphatic hydroxyl groups excluding tert-OH is 1. The van der Waals surface area contributed by atoms with Crippen molar-refractivity contribution in [3.63, 3.8) is 0 Å². The lowest BCUT2D eigenvalue weighted by Crippen LogP contribution is -2.11. The number of halogens is 1. The second-order valence-corrected chi connectivity index (χ2v) is 8.93. The maximum absolute atomic E-state index is 14.6. The highest BCUT2D eigenvalue weighted by Gasteiger charge is 2.27. The molecule has 5 rings (SSSR count). The summed E-state index contributed by atoms with van der Waals surface area (Å²) in [4.78, 5) is 11.2. The summed E-state index contributed by atoms with van der Waals surface area (Å²) >= 11 is 0. The molecule has 1 aliphatic heterocycles. The third-order valence-corrected chi connectivity index (χ3v) is 6.10. The number of rotatable bonds is 6. The second-order valence-electron chi connectivity index (χ2n) is 8.93. The molecular weight excluding hydrogens is 447 g/mol. The number of fused-ring (bicyclic) bond motifs is 2. The molecule has 1 atom stereocenters. The van der Waals surface area contributed by atoms with Gasteiger partial charge in [0.2, 0.25) is 5.95 Å². The predicted molar refractivity (Wildman–Crippen MR) is 129 cm³/mol. The lowest BCUT2D eigenvalue weighted by atomic mass is 10.00. The van der Waals surface area contributed by atoms with Gasteiger partial charge in [0.25, 0.3) is 0 Å². The summed E-state index contributed by atoms with van der Waals surface area (Å²) in [5.41, 5.74) is 5.63. The smallest absolute Gasteiger partial charge is 0.208 e. The van der Waals surface area contributed by atoms with Gasteiger partial charge in [-0.1, -0.05) is 18.2 Å². The van der Waals surface area contributed by atoms with E-state index in [0.29, 0.717) is 28.5 Å². The van der Waals surface area contributed by atoms with E-state index in [0.717, 1.165) is 23.2 Å². The minimum atomic E-state index is -0.885. The Kier molecular flexibility index (Phi) is 5.84. The van der Waals surface area contributed by atoms with E-state index < -0.39 is 11.9 Å². The predicted octanol–water partition coefficient (Wildman–Crippen LogP) is 3.82. The zero-order valence-corrected chi connectivity index (χ0v) is 19.7. The highest BCUT2D eigenvalue weighted by Crippen LogP contribution is 2.37. The molecule has 2 N–H and O–H groups in total. The Morgan fingerprint density at radius 2 is 2.11 bits per heavy atom.